The highest BCUT2D eigenvalue weighted by Gasteiger charge is 2.43. The number of hydrogen-bond donors (Lipinski definition) is 1. The number of rotatable bonds is 5. The van der Waals surface area contributed by atoms with Gasteiger partial charge in [-0.05, 0) is 48.8 Å². The molecule has 2 aliphatic rings. The SMILES string of the molecule is CNC(=O)C1(Cc2cccc(-c3ccccc3)c2)CCN(C(=O)[C@H]2CCCO2)CC1. The molecule has 0 spiro atoms. The number of ether oxygens (including phenoxy) is 1. The minimum absolute atomic E-state index is 0.0665. The summed E-state index contributed by atoms with van der Waals surface area (Å²) in [4.78, 5) is 27.5. The standard InChI is InChI=1S/C25H30N2O3/c1-26-24(29)25(12-14-27(15-13-25)23(28)22-11-6-16-30-22)18-19-7-5-10-21(17-19)20-8-3-2-4-9-20/h2-5,7-10,17,22H,6,11-16,18H2,1H3,(H,26,29)/t22-/m1/s1. The van der Waals surface area contributed by atoms with Crippen molar-refractivity contribution in [1.29, 1.82) is 0 Å². The van der Waals surface area contributed by atoms with Crippen molar-refractivity contribution < 1.29 is 14.3 Å². The van der Waals surface area contributed by atoms with Crippen LogP contribution in [0.3, 0.4) is 0 Å². The Labute approximate surface area is 178 Å². The van der Waals surface area contributed by atoms with Crippen LogP contribution in [0, 0.1) is 5.41 Å². The molecule has 0 aliphatic carbocycles. The molecule has 0 saturated carbocycles. The van der Waals surface area contributed by atoms with Gasteiger partial charge in [-0.3, -0.25) is 9.59 Å². The molecule has 2 aliphatic heterocycles. The largest absolute Gasteiger partial charge is 0.368 e. The predicted molar refractivity (Wildman–Crippen MR) is 117 cm³/mol. The third-order valence-corrected chi connectivity index (χ3v) is 6.52. The Hall–Kier alpha value is -2.66. The fraction of sp³-hybridized carbons (Fsp3) is 0.440. The van der Waals surface area contributed by atoms with E-state index in [1.54, 1.807) is 7.05 Å². The van der Waals surface area contributed by atoms with Crippen molar-refractivity contribution in [1.82, 2.24) is 10.2 Å². The average molecular weight is 407 g/mol. The van der Waals surface area contributed by atoms with E-state index in [9.17, 15) is 9.59 Å². The lowest BCUT2D eigenvalue weighted by molar-refractivity contribution is -0.146. The Morgan fingerprint density at radius 2 is 1.80 bits per heavy atom. The molecule has 2 fully saturated rings. The zero-order chi connectivity index (χ0) is 21.0. The maximum absolute atomic E-state index is 12.9. The maximum atomic E-state index is 12.9. The fourth-order valence-electron chi connectivity index (χ4n) is 4.76. The van der Waals surface area contributed by atoms with Crippen LogP contribution in [0.5, 0.6) is 0 Å². The average Bonchev–Trinajstić information content (AvgIpc) is 3.34. The second-order valence-electron chi connectivity index (χ2n) is 8.43. The highest BCUT2D eigenvalue weighted by atomic mass is 16.5. The number of carbonyl (C=O) groups excluding carboxylic acids is 2. The smallest absolute Gasteiger partial charge is 0.251 e. The monoisotopic (exact) mass is 406 g/mol. The van der Waals surface area contributed by atoms with Crippen LogP contribution in [-0.4, -0.2) is 49.6 Å². The summed E-state index contributed by atoms with van der Waals surface area (Å²) in [5.41, 5.74) is 2.99. The summed E-state index contributed by atoms with van der Waals surface area (Å²) < 4.78 is 5.57. The summed E-state index contributed by atoms with van der Waals surface area (Å²) in [6.45, 7) is 1.87. The van der Waals surface area contributed by atoms with Gasteiger partial charge >= 0.3 is 0 Å². The molecular formula is C25H30N2O3. The van der Waals surface area contributed by atoms with E-state index in [0.717, 1.165) is 24.0 Å². The zero-order valence-corrected chi connectivity index (χ0v) is 17.6. The Kier molecular flexibility index (Phi) is 6.18. The van der Waals surface area contributed by atoms with Gasteiger partial charge in [-0.15, -0.1) is 0 Å². The Bertz CT molecular complexity index is 882. The molecule has 2 heterocycles. The number of piperidine rings is 1. The van der Waals surface area contributed by atoms with E-state index in [1.165, 1.54) is 5.56 Å². The van der Waals surface area contributed by atoms with Crippen molar-refractivity contribution >= 4 is 11.8 Å². The second kappa shape index (κ2) is 9.00. The second-order valence-corrected chi connectivity index (χ2v) is 8.43. The van der Waals surface area contributed by atoms with Crippen LogP contribution in [0.25, 0.3) is 11.1 Å². The van der Waals surface area contributed by atoms with Gasteiger partial charge in [0.05, 0.1) is 5.41 Å². The van der Waals surface area contributed by atoms with Gasteiger partial charge in [-0.1, -0.05) is 54.6 Å². The molecule has 30 heavy (non-hydrogen) atoms. The zero-order valence-electron chi connectivity index (χ0n) is 17.6. The van der Waals surface area contributed by atoms with Crippen molar-refractivity contribution in [3.63, 3.8) is 0 Å². The Balaban J connectivity index is 1.50. The van der Waals surface area contributed by atoms with Crippen LogP contribution >= 0.6 is 0 Å². The normalized spacial score (nSPS) is 20.7. The van der Waals surface area contributed by atoms with Gasteiger partial charge in [0.25, 0.3) is 5.91 Å². The minimum atomic E-state index is -0.489. The van der Waals surface area contributed by atoms with Gasteiger partial charge in [-0.25, -0.2) is 0 Å². The number of amides is 2. The summed E-state index contributed by atoms with van der Waals surface area (Å²) in [5.74, 6) is 0.154. The summed E-state index contributed by atoms with van der Waals surface area (Å²) in [7, 11) is 1.70. The molecule has 1 N–H and O–H groups in total. The van der Waals surface area contributed by atoms with Crippen molar-refractivity contribution in [2.24, 2.45) is 5.41 Å². The Morgan fingerprint density at radius 3 is 2.47 bits per heavy atom. The summed E-state index contributed by atoms with van der Waals surface area (Å²) >= 11 is 0. The number of nitrogens with zero attached hydrogens (tertiary/aromatic N) is 1. The molecule has 158 valence electrons. The molecule has 2 amide bonds. The lowest BCUT2D eigenvalue weighted by Gasteiger charge is -2.41. The van der Waals surface area contributed by atoms with E-state index in [4.69, 9.17) is 4.74 Å². The molecule has 0 unspecified atom stereocenters. The molecule has 0 aromatic heterocycles. The van der Waals surface area contributed by atoms with E-state index in [-0.39, 0.29) is 17.9 Å². The number of hydrogen-bond acceptors (Lipinski definition) is 3. The van der Waals surface area contributed by atoms with E-state index < -0.39 is 5.41 Å². The molecule has 2 aromatic carbocycles. The van der Waals surface area contributed by atoms with Crippen molar-refractivity contribution in [3.8, 4) is 11.1 Å². The van der Waals surface area contributed by atoms with Gasteiger partial charge in [0.15, 0.2) is 0 Å². The van der Waals surface area contributed by atoms with Gasteiger partial charge in [0, 0.05) is 26.7 Å². The van der Waals surface area contributed by atoms with Gasteiger partial charge in [-0.2, -0.15) is 0 Å². The first kappa shape index (κ1) is 20.6. The van der Waals surface area contributed by atoms with E-state index in [1.807, 2.05) is 23.1 Å². The molecule has 2 saturated heterocycles. The molecule has 0 bridgehead atoms. The fourth-order valence-corrected chi connectivity index (χ4v) is 4.76. The van der Waals surface area contributed by atoms with Crippen LogP contribution in [0.4, 0.5) is 0 Å². The van der Waals surface area contributed by atoms with Gasteiger partial charge in [0.1, 0.15) is 6.10 Å². The first-order valence-electron chi connectivity index (χ1n) is 10.9. The van der Waals surface area contributed by atoms with E-state index >= 15 is 0 Å². The topological polar surface area (TPSA) is 58.6 Å². The molecular weight excluding hydrogens is 376 g/mol. The molecule has 2 aromatic rings. The first-order chi connectivity index (χ1) is 14.6. The summed E-state index contributed by atoms with van der Waals surface area (Å²) in [6, 6.07) is 18.7. The third-order valence-electron chi connectivity index (χ3n) is 6.52. The Morgan fingerprint density at radius 1 is 1.07 bits per heavy atom. The van der Waals surface area contributed by atoms with Crippen LogP contribution in [-0.2, 0) is 20.7 Å². The van der Waals surface area contributed by atoms with Crippen molar-refractivity contribution in [2.45, 2.75) is 38.2 Å². The highest BCUT2D eigenvalue weighted by molar-refractivity contribution is 5.84. The number of benzene rings is 2. The number of nitrogens with one attached hydrogen (secondary N) is 1. The van der Waals surface area contributed by atoms with Crippen molar-refractivity contribution in [3.05, 3.63) is 60.2 Å². The van der Waals surface area contributed by atoms with Crippen LogP contribution in [0.1, 0.15) is 31.2 Å². The third kappa shape index (κ3) is 4.26. The van der Waals surface area contributed by atoms with Crippen LogP contribution in [0.15, 0.2) is 54.6 Å². The van der Waals surface area contributed by atoms with E-state index in [0.29, 0.717) is 39.0 Å². The molecule has 5 heteroatoms. The minimum Gasteiger partial charge on any atom is -0.368 e. The predicted octanol–water partition coefficient (Wildman–Crippen LogP) is 3.43. The molecule has 5 nitrogen and oxygen atoms in total. The number of likely N-dealkylation sites (tertiary alicyclic amines) is 1. The quantitative estimate of drug-likeness (QED) is 0.828. The van der Waals surface area contributed by atoms with Crippen LogP contribution < -0.4 is 5.32 Å². The molecule has 0 radical (unpaired) electrons. The lowest BCUT2D eigenvalue weighted by Crippen LogP contribution is -2.52. The summed E-state index contributed by atoms with van der Waals surface area (Å²) in [6.07, 6.45) is 3.48. The highest BCUT2D eigenvalue weighted by Crippen LogP contribution is 2.37. The summed E-state index contributed by atoms with van der Waals surface area (Å²) in [5, 5.41) is 2.87. The lowest BCUT2D eigenvalue weighted by atomic mass is 9.72. The maximum Gasteiger partial charge on any atom is 0.251 e. The molecule has 1 atom stereocenters. The number of carbonyl (C=O) groups is 2. The van der Waals surface area contributed by atoms with Crippen LogP contribution in [0.2, 0.25) is 0 Å². The molecule has 4 rings (SSSR count). The van der Waals surface area contributed by atoms with Gasteiger partial charge in [0.2, 0.25) is 5.91 Å². The van der Waals surface area contributed by atoms with Crippen molar-refractivity contribution in [2.75, 3.05) is 26.7 Å². The van der Waals surface area contributed by atoms with E-state index in [2.05, 4.69) is 41.7 Å². The first-order valence-corrected chi connectivity index (χ1v) is 10.9. The van der Waals surface area contributed by atoms with Gasteiger partial charge < -0.3 is 15.0 Å².